The number of nitrogens with one attached hydrogen (secondary N) is 1. The van der Waals surface area contributed by atoms with E-state index in [0.717, 1.165) is 16.8 Å². The van der Waals surface area contributed by atoms with Crippen molar-refractivity contribution in [1.29, 1.82) is 0 Å². The van der Waals surface area contributed by atoms with Crippen LogP contribution in [0.4, 0.5) is 5.82 Å². The molecule has 7 nitrogen and oxygen atoms in total. The van der Waals surface area contributed by atoms with Crippen molar-refractivity contribution in [3.05, 3.63) is 77.5 Å². The molecule has 0 radical (unpaired) electrons. The molecule has 0 aliphatic carbocycles. The molecule has 1 fully saturated rings. The van der Waals surface area contributed by atoms with E-state index >= 15 is 0 Å². The van der Waals surface area contributed by atoms with Gasteiger partial charge in [-0.1, -0.05) is 48.0 Å². The zero-order chi connectivity index (χ0) is 22.7. The normalized spacial score (nSPS) is 17.2. The van der Waals surface area contributed by atoms with E-state index < -0.39 is 15.9 Å². The van der Waals surface area contributed by atoms with E-state index in [-0.39, 0.29) is 17.3 Å². The topological polar surface area (TPSA) is 84.3 Å². The zero-order valence-corrected chi connectivity index (χ0v) is 19.2. The van der Waals surface area contributed by atoms with Crippen molar-refractivity contribution in [2.24, 2.45) is 5.92 Å². The Bertz CT molecular complexity index is 1190. The number of carbonyl (C=O) groups excluding carboxylic acids is 1. The van der Waals surface area contributed by atoms with Crippen molar-refractivity contribution in [2.45, 2.75) is 38.1 Å². The predicted octanol–water partition coefficient (Wildman–Crippen LogP) is 3.59. The van der Waals surface area contributed by atoms with Crippen LogP contribution in [0.1, 0.15) is 29.7 Å². The van der Waals surface area contributed by atoms with Crippen LogP contribution >= 0.6 is 0 Å². The number of nitrogens with zero attached hydrogens (tertiary/aromatic N) is 3. The fourth-order valence-electron chi connectivity index (χ4n) is 3.99. The van der Waals surface area contributed by atoms with E-state index in [0.29, 0.717) is 31.7 Å². The first-order valence-corrected chi connectivity index (χ1v) is 12.2. The number of carbonyl (C=O) groups is 1. The SMILES string of the molecule is Cc1ccc(S(=O)(=O)N2CCCC(C(=O)Nc3cc(C)nn3Cc3ccccc3)C2)cc1. The molecule has 0 spiro atoms. The largest absolute Gasteiger partial charge is 0.311 e. The van der Waals surface area contributed by atoms with Crippen molar-refractivity contribution in [1.82, 2.24) is 14.1 Å². The molecule has 3 aromatic rings. The Balaban J connectivity index is 1.47. The van der Waals surface area contributed by atoms with Crippen LogP contribution < -0.4 is 5.32 Å². The minimum atomic E-state index is -3.63. The molecule has 1 amide bonds. The lowest BCUT2D eigenvalue weighted by Crippen LogP contribution is -2.43. The summed E-state index contributed by atoms with van der Waals surface area (Å²) >= 11 is 0. The summed E-state index contributed by atoms with van der Waals surface area (Å²) in [6.07, 6.45) is 1.29. The summed E-state index contributed by atoms with van der Waals surface area (Å²) in [6, 6.07) is 18.6. The highest BCUT2D eigenvalue weighted by molar-refractivity contribution is 7.89. The third-order valence-electron chi connectivity index (χ3n) is 5.74. The second-order valence-electron chi connectivity index (χ2n) is 8.32. The highest BCUT2D eigenvalue weighted by atomic mass is 32.2. The van der Waals surface area contributed by atoms with Crippen LogP contribution in [-0.2, 0) is 21.4 Å². The van der Waals surface area contributed by atoms with Gasteiger partial charge in [0.2, 0.25) is 15.9 Å². The number of amides is 1. The minimum absolute atomic E-state index is 0.174. The number of aromatic nitrogens is 2. The number of aryl methyl sites for hydroxylation is 2. The number of hydrogen-bond acceptors (Lipinski definition) is 4. The van der Waals surface area contributed by atoms with Crippen molar-refractivity contribution in [3.8, 4) is 0 Å². The van der Waals surface area contributed by atoms with Gasteiger partial charge in [-0.05, 0) is 44.4 Å². The number of rotatable bonds is 6. The highest BCUT2D eigenvalue weighted by Gasteiger charge is 2.33. The van der Waals surface area contributed by atoms with E-state index in [2.05, 4.69) is 10.4 Å². The third-order valence-corrected chi connectivity index (χ3v) is 7.62. The van der Waals surface area contributed by atoms with E-state index in [9.17, 15) is 13.2 Å². The highest BCUT2D eigenvalue weighted by Crippen LogP contribution is 2.25. The van der Waals surface area contributed by atoms with Gasteiger partial charge in [0.15, 0.2) is 0 Å². The molecule has 1 aromatic heterocycles. The fourth-order valence-corrected chi connectivity index (χ4v) is 5.51. The summed E-state index contributed by atoms with van der Waals surface area (Å²) in [7, 11) is -3.63. The van der Waals surface area contributed by atoms with E-state index in [1.165, 1.54) is 4.31 Å². The minimum Gasteiger partial charge on any atom is -0.311 e. The lowest BCUT2D eigenvalue weighted by molar-refractivity contribution is -0.120. The maximum Gasteiger partial charge on any atom is 0.243 e. The van der Waals surface area contributed by atoms with Gasteiger partial charge in [0.05, 0.1) is 23.1 Å². The summed E-state index contributed by atoms with van der Waals surface area (Å²) in [4.78, 5) is 13.3. The van der Waals surface area contributed by atoms with Crippen LogP contribution in [0.15, 0.2) is 65.6 Å². The Hall–Kier alpha value is -2.97. The van der Waals surface area contributed by atoms with Gasteiger partial charge < -0.3 is 5.32 Å². The molecule has 0 bridgehead atoms. The van der Waals surface area contributed by atoms with Gasteiger partial charge in [0.1, 0.15) is 5.82 Å². The summed E-state index contributed by atoms with van der Waals surface area (Å²) in [5.41, 5.74) is 2.89. The molecule has 1 saturated heterocycles. The van der Waals surface area contributed by atoms with Crippen LogP contribution in [0.5, 0.6) is 0 Å². The Morgan fingerprint density at radius 2 is 1.81 bits per heavy atom. The molecule has 0 saturated carbocycles. The second kappa shape index (κ2) is 9.26. The number of hydrogen-bond donors (Lipinski definition) is 1. The van der Waals surface area contributed by atoms with Gasteiger partial charge in [0.25, 0.3) is 0 Å². The van der Waals surface area contributed by atoms with E-state index in [1.54, 1.807) is 28.9 Å². The second-order valence-corrected chi connectivity index (χ2v) is 10.3. The summed E-state index contributed by atoms with van der Waals surface area (Å²) in [5, 5.41) is 7.48. The van der Waals surface area contributed by atoms with Gasteiger partial charge in [-0.2, -0.15) is 9.40 Å². The third kappa shape index (κ3) is 4.92. The van der Waals surface area contributed by atoms with Gasteiger partial charge in [-0.15, -0.1) is 0 Å². The summed E-state index contributed by atoms with van der Waals surface area (Å²) in [5.74, 6) is 0.0299. The summed E-state index contributed by atoms with van der Waals surface area (Å²) < 4.78 is 29.3. The smallest absolute Gasteiger partial charge is 0.243 e. The Labute approximate surface area is 189 Å². The first kappa shape index (κ1) is 22.2. The first-order chi connectivity index (χ1) is 15.3. The molecule has 32 heavy (non-hydrogen) atoms. The van der Waals surface area contributed by atoms with Crippen LogP contribution in [-0.4, -0.2) is 41.5 Å². The average molecular weight is 453 g/mol. The van der Waals surface area contributed by atoms with Gasteiger partial charge in [0, 0.05) is 19.2 Å². The standard InChI is InChI=1S/C24H28N4O3S/c1-18-10-12-22(13-11-18)32(30,31)27-14-6-9-21(17-27)24(29)25-23-15-19(2)26-28(23)16-20-7-4-3-5-8-20/h3-5,7-8,10-13,15,21H,6,9,14,16-17H2,1-2H3,(H,25,29). The molecule has 168 valence electrons. The maximum absolute atomic E-state index is 13.1. The average Bonchev–Trinajstić information content (AvgIpc) is 3.13. The Morgan fingerprint density at radius 3 is 2.53 bits per heavy atom. The van der Waals surface area contributed by atoms with Crippen molar-refractivity contribution < 1.29 is 13.2 Å². The van der Waals surface area contributed by atoms with E-state index in [4.69, 9.17) is 0 Å². The Kier molecular flexibility index (Phi) is 6.43. The van der Waals surface area contributed by atoms with Crippen molar-refractivity contribution >= 4 is 21.7 Å². The molecule has 1 unspecified atom stereocenters. The van der Waals surface area contributed by atoms with Crippen LogP contribution in [0, 0.1) is 19.8 Å². The first-order valence-electron chi connectivity index (χ1n) is 10.8. The number of sulfonamides is 1. The van der Waals surface area contributed by atoms with Crippen LogP contribution in [0.3, 0.4) is 0 Å². The van der Waals surface area contributed by atoms with Gasteiger partial charge in [-0.25, -0.2) is 13.1 Å². The van der Waals surface area contributed by atoms with E-state index in [1.807, 2.05) is 50.2 Å². The summed E-state index contributed by atoms with van der Waals surface area (Å²) in [6.45, 7) is 4.94. The molecule has 2 aromatic carbocycles. The molecule has 1 aliphatic heterocycles. The molecule has 4 rings (SSSR count). The monoisotopic (exact) mass is 452 g/mol. The molecule has 2 heterocycles. The van der Waals surface area contributed by atoms with Gasteiger partial charge in [-0.3, -0.25) is 4.79 Å². The lowest BCUT2D eigenvalue weighted by Gasteiger charge is -2.31. The van der Waals surface area contributed by atoms with Crippen LogP contribution in [0.25, 0.3) is 0 Å². The molecular weight excluding hydrogens is 424 g/mol. The molecule has 8 heteroatoms. The van der Waals surface area contributed by atoms with Gasteiger partial charge >= 0.3 is 0 Å². The lowest BCUT2D eigenvalue weighted by atomic mass is 9.99. The number of benzene rings is 2. The fraction of sp³-hybridized carbons (Fsp3) is 0.333. The Morgan fingerprint density at radius 1 is 1.09 bits per heavy atom. The quantitative estimate of drug-likeness (QED) is 0.620. The number of piperidine rings is 1. The van der Waals surface area contributed by atoms with Crippen LogP contribution in [0.2, 0.25) is 0 Å². The van der Waals surface area contributed by atoms with Crippen molar-refractivity contribution in [3.63, 3.8) is 0 Å². The molecule has 1 atom stereocenters. The molecule has 1 aliphatic rings. The van der Waals surface area contributed by atoms with Crippen molar-refractivity contribution in [2.75, 3.05) is 18.4 Å². The maximum atomic E-state index is 13.1. The zero-order valence-electron chi connectivity index (χ0n) is 18.4. The predicted molar refractivity (Wildman–Crippen MR) is 124 cm³/mol. The molecular formula is C24H28N4O3S. The molecule has 1 N–H and O–H groups in total. The number of anilines is 1.